The predicted octanol–water partition coefficient (Wildman–Crippen LogP) is 8.50. The third kappa shape index (κ3) is 7.57. The highest BCUT2D eigenvalue weighted by Crippen LogP contribution is 2.40. The normalized spacial score (nSPS) is 27.2. The number of hydrogen-bond acceptors (Lipinski definition) is 1. The van der Waals surface area contributed by atoms with Gasteiger partial charge in [-0.15, -0.1) is 0 Å². The van der Waals surface area contributed by atoms with Crippen molar-refractivity contribution in [1.29, 1.82) is 5.26 Å². The Labute approximate surface area is 183 Å². The Balaban J connectivity index is 1.26. The SMILES string of the molecule is N#Cc1ccc([C@H]2CC[C@H](CC[C@H]3CC[C@H](CCCC=CCCF)CC3)CC2)cc1. The van der Waals surface area contributed by atoms with Crippen LogP contribution < -0.4 is 0 Å². The topological polar surface area (TPSA) is 23.8 Å². The molecule has 0 amide bonds. The lowest BCUT2D eigenvalue weighted by Crippen LogP contribution is -2.17. The van der Waals surface area contributed by atoms with E-state index in [0.717, 1.165) is 29.7 Å². The Morgan fingerprint density at radius 1 is 0.767 bits per heavy atom. The van der Waals surface area contributed by atoms with Gasteiger partial charge < -0.3 is 0 Å². The molecule has 2 heteroatoms. The van der Waals surface area contributed by atoms with Crippen molar-refractivity contribution in [3.63, 3.8) is 0 Å². The van der Waals surface area contributed by atoms with E-state index in [1.807, 2.05) is 18.2 Å². The molecule has 1 nitrogen and oxygen atoms in total. The zero-order valence-electron chi connectivity index (χ0n) is 18.7. The number of allylic oxidation sites excluding steroid dienone is 2. The van der Waals surface area contributed by atoms with Crippen LogP contribution in [0.15, 0.2) is 36.4 Å². The van der Waals surface area contributed by atoms with Gasteiger partial charge in [0.2, 0.25) is 0 Å². The molecule has 164 valence electrons. The van der Waals surface area contributed by atoms with Gasteiger partial charge in [0.05, 0.1) is 18.3 Å². The van der Waals surface area contributed by atoms with E-state index in [0.29, 0.717) is 12.3 Å². The minimum atomic E-state index is -0.223. The fourth-order valence-electron chi connectivity index (χ4n) is 5.72. The first kappa shape index (κ1) is 23.1. The molecule has 0 heterocycles. The first-order valence-corrected chi connectivity index (χ1v) is 12.5. The first-order chi connectivity index (χ1) is 14.8. The van der Waals surface area contributed by atoms with Crippen LogP contribution in [-0.4, -0.2) is 6.67 Å². The molecule has 3 rings (SSSR count). The molecule has 0 radical (unpaired) electrons. The lowest BCUT2D eigenvalue weighted by atomic mass is 9.74. The summed E-state index contributed by atoms with van der Waals surface area (Å²) in [4.78, 5) is 0. The van der Waals surface area contributed by atoms with Gasteiger partial charge in [0.25, 0.3) is 0 Å². The van der Waals surface area contributed by atoms with Crippen LogP contribution in [0.2, 0.25) is 0 Å². The molecule has 30 heavy (non-hydrogen) atoms. The number of halogens is 1. The third-order valence-electron chi connectivity index (χ3n) is 7.73. The maximum Gasteiger partial charge on any atom is 0.0991 e. The average molecular weight is 410 g/mol. The second-order valence-corrected chi connectivity index (χ2v) is 9.80. The first-order valence-electron chi connectivity index (χ1n) is 12.5. The molecular formula is C28H40FN. The van der Waals surface area contributed by atoms with E-state index >= 15 is 0 Å². The molecule has 0 bridgehead atoms. The molecule has 1 aromatic rings. The highest BCUT2D eigenvalue weighted by molar-refractivity contribution is 5.33. The van der Waals surface area contributed by atoms with Crippen LogP contribution in [0, 0.1) is 29.1 Å². The molecule has 2 aliphatic rings. The van der Waals surface area contributed by atoms with Gasteiger partial charge in [-0.3, -0.25) is 4.39 Å². The maximum atomic E-state index is 12.1. The number of alkyl halides is 1. The van der Waals surface area contributed by atoms with Gasteiger partial charge >= 0.3 is 0 Å². The molecule has 2 aliphatic carbocycles. The van der Waals surface area contributed by atoms with Crippen LogP contribution in [0.25, 0.3) is 0 Å². The van der Waals surface area contributed by atoms with Crippen molar-refractivity contribution in [2.24, 2.45) is 17.8 Å². The number of nitrogens with zero attached hydrogens (tertiary/aromatic N) is 1. The molecule has 0 unspecified atom stereocenters. The molecule has 2 saturated carbocycles. The number of hydrogen-bond donors (Lipinski definition) is 0. The van der Waals surface area contributed by atoms with Gasteiger partial charge in [0.15, 0.2) is 0 Å². The highest BCUT2D eigenvalue weighted by atomic mass is 19.1. The van der Waals surface area contributed by atoms with Gasteiger partial charge in [0.1, 0.15) is 0 Å². The summed E-state index contributed by atoms with van der Waals surface area (Å²) in [6, 6.07) is 10.5. The van der Waals surface area contributed by atoms with Crippen LogP contribution >= 0.6 is 0 Å². The van der Waals surface area contributed by atoms with Gasteiger partial charge in [-0.05, 0) is 86.3 Å². The number of nitriles is 1. The van der Waals surface area contributed by atoms with Crippen LogP contribution in [0.4, 0.5) is 4.39 Å². The van der Waals surface area contributed by atoms with Crippen molar-refractivity contribution in [1.82, 2.24) is 0 Å². The molecule has 2 fully saturated rings. The fraction of sp³-hybridized carbons (Fsp3) is 0.679. The second kappa shape index (κ2) is 12.9. The lowest BCUT2D eigenvalue weighted by molar-refractivity contribution is 0.223. The van der Waals surface area contributed by atoms with Crippen molar-refractivity contribution in [2.75, 3.05) is 6.67 Å². The monoisotopic (exact) mass is 409 g/mol. The fourth-order valence-corrected chi connectivity index (χ4v) is 5.72. The van der Waals surface area contributed by atoms with Gasteiger partial charge in [-0.1, -0.05) is 69.2 Å². The van der Waals surface area contributed by atoms with Crippen LogP contribution in [0.3, 0.4) is 0 Å². The molecule has 0 saturated heterocycles. The smallest absolute Gasteiger partial charge is 0.0991 e. The van der Waals surface area contributed by atoms with E-state index in [9.17, 15) is 4.39 Å². The number of rotatable bonds is 10. The highest BCUT2D eigenvalue weighted by Gasteiger charge is 2.25. The summed E-state index contributed by atoms with van der Waals surface area (Å²) >= 11 is 0. The summed E-state index contributed by atoms with van der Waals surface area (Å²) in [6.45, 7) is -0.223. The lowest BCUT2D eigenvalue weighted by Gasteiger charge is -2.32. The Bertz CT molecular complexity index is 655. The van der Waals surface area contributed by atoms with Crippen molar-refractivity contribution < 1.29 is 4.39 Å². The average Bonchev–Trinajstić information content (AvgIpc) is 2.81. The van der Waals surface area contributed by atoms with E-state index in [1.54, 1.807) is 0 Å². The minimum Gasteiger partial charge on any atom is -0.251 e. The van der Waals surface area contributed by atoms with Crippen LogP contribution in [0.5, 0.6) is 0 Å². The number of unbranched alkanes of at least 4 members (excludes halogenated alkanes) is 1. The summed E-state index contributed by atoms with van der Waals surface area (Å²) in [5.74, 6) is 3.56. The van der Waals surface area contributed by atoms with Crippen LogP contribution in [-0.2, 0) is 0 Å². The zero-order valence-corrected chi connectivity index (χ0v) is 18.7. The molecular weight excluding hydrogens is 369 g/mol. The number of benzene rings is 1. The van der Waals surface area contributed by atoms with Gasteiger partial charge in [0, 0.05) is 0 Å². The van der Waals surface area contributed by atoms with E-state index in [2.05, 4.69) is 24.3 Å². The Morgan fingerprint density at radius 3 is 1.87 bits per heavy atom. The van der Waals surface area contributed by atoms with E-state index in [-0.39, 0.29) is 6.67 Å². The largest absolute Gasteiger partial charge is 0.251 e. The Hall–Kier alpha value is -1.62. The molecule has 0 atom stereocenters. The molecule has 0 spiro atoms. The third-order valence-corrected chi connectivity index (χ3v) is 7.73. The van der Waals surface area contributed by atoms with E-state index < -0.39 is 0 Å². The molecule has 0 aliphatic heterocycles. The van der Waals surface area contributed by atoms with Crippen molar-refractivity contribution in [3.05, 3.63) is 47.5 Å². The van der Waals surface area contributed by atoms with Crippen molar-refractivity contribution in [3.8, 4) is 6.07 Å². The summed E-state index contributed by atoms with van der Waals surface area (Å²) < 4.78 is 12.1. The molecule has 1 aromatic carbocycles. The molecule has 0 N–H and O–H groups in total. The quantitative estimate of drug-likeness (QED) is 0.281. The van der Waals surface area contributed by atoms with E-state index in [1.165, 1.54) is 82.6 Å². The van der Waals surface area contributed by atoms with Crippen molar-refractivity contribution >= 4 is 0 Å². The van der Waals surface area contributed by atoms with Crippen LogP contribution in [0.1, 0.15) is 107 Å². The molecule has 0 aromatic heterocycles. The zero-order chi connectivity index (χ0) is 21.0. The summed E-state index contributed by atoms with van der Waals surface area (Å²) in [7, 11) is 0. The van der Waals surface area contributed by atoms with Crippen molar-refractivity contribution in [2.45, 2.75) is 95.8 Å². The van der Waals surface area contributed by atoms with Gasteiger partial charge in [-0.25, -0.2) is 0 Å². The summed E-state index contributed by atoms with van der Waals surface area (Å²) in [5, 5.41) is 8.97. The maximum absolute atomic E-state index is 12.1. The standard InChI is InChI=1S/C28H40FN/c29-21-5-3-1-2-4-6-23-7-9-24(10-8-23)11-12-25-13-17-27(18-14-25)28-19-15-26(22-30)16-20-28/h1,3,15-16,19-20,23-25,27H,2,4-14,17-18,21H2/t23-,24-,25-,27-. The summed E-state index contributed by atoms with van der Waals surface area (Å²) in [5.41, 5.74) is 2.20. The summed E-state index contributed by atoms with van der Waals surface area (Å²) in [6.07, 6.45) is 22.6. The Morgan fingerprint density at radius 2 is 1.30 bits per heavy atom. The van der Waals surface area contributed by atoms with Gasteiger partial charge in [-0.2, -0.15) is 5.26 Å². The minimum absolute atomic E-state index is 0.223. The second-order valence-electron chi connectivity index (χ2n) is 9.80. The predicted molar refractivity (Wildman–Crippen MR) is 124 cm³/mol. The van der Waals surface area contributed by atoms with E-state index in [4.69, 9.17) is 5.26 Å². The Kier molecular flexibility index (Phi) is 9.94.